The molecule has 1 aromatic heterocycles. The number of nitrogens with one attached hydrogen (secondary N) is 1. The van der Waals surface area contributed by atoms with E-state index in [1.165, 1.54) is 0 Å². The summed E-state index contributed by atoms with van der Waals surface area (Å²) in [5.41, 5.74) is 8.43. The van der Waals surface area contributed by atoms with Gasteiger partial charge in [-0.15, -0.1) is 5.10 Å². The van der Waals surface area contributed by atoms with Crippen molar-refractivity contribution >= 4 is 11.9 Å². The summed E-state index contributed by atoms with van der Waals surface area (Å²) in [7, 11) is 3.17. The molecular weight excluding hydrogens is 370 g/mol. The molecule has 0 radical (unpaired) electrons. The van der Waals surface area contributed by atoms with Gasteiger partial charge in [0.15, 0.2) is 5.82 Å². The molecule has 0 saturated carbocycles. The van der Waals surface area contributed by atoms with E-state index < -0.39 is 11.9 Å². The summed E-state index contributed by atoms with van der Waals surface area (Å²) in [5.74, 6) is 1.76. The lowest BCUT2D eigenvalue weighted by Crippen LogP contribution is -2.31. The molecule has 1 aliphatic heterocycles. The Kier molecular flexibility index (Phi) is 4.67. The number of nitrogens with zero attached hydrogens (tertiary/aromatic N) is 3. The minimum atomic E-state index is -0.505. The fourth-order valence-electron chi connectivity index (χ4n) is 3.47. The molecule has 0 bridgehead atoms. The largest absolute Gasteiger partial charge is 0.497 e. The number of hydrogen-bond donors (Lipinski definition) is 2. The highest BCUT2D eigenvalue weighted by Crippen LogP contribution is 2.37. The number of amides is 1. The van der Waals surface area contributed by atoms with Crippen molar-refractivity contribution in [1.82, 2.24) is 14.8 Å². The molecule has 0 fully saturated rings. The summed E-state index contributed by atoms with van der Waals surface area (Å²) in [6.07, 6.45) is 0. The van der Waals surface area contributed by atoms with Crippen molar-refractivity contribution in [3.05, 3.63) is 65.4 Å². The average Bonchev–Trinajstić information content (AvgIpc) is 3.16. The highest BCUT2D eigenvalue weighted by molar-refractivity contribution is 5.95. The zero-order valence-electron chi connectivity index (χ0n) is 16.3. The number of hydrogen-bond acceptors (Lipinski definition) is 6. The standard InChI is InChI=1S/C21H21N5O3/c1-12-17(19(22)27)18(13-7-5-4-6-8-13)26-21(23-12)24-20(25-26)14-9-15(28-2)11-16(10-14)29-3/h4-11,18H,1-3H3,(H2,22,27)(H,23,24,25). The van der Waals surface area contributed by atoms with E-state index in [2.05, 4.69) is 15.4 Å². The molecule has 148 valence electrons. The molecule has 8 heteroatoms. The first-order chi connectivity index (χ1) is 14.0. The fraction of sp³-hybridized carbons (Fsp3) is 0.190. The Hall–Kier alpha value is -3.81. The van der Waals surface area contributed by atoms with E-state index in [1.807, 2.05) is 49.4 Å². The van der Waals surface area contributed by atoms with Gasteiger partial charge in [0.2, 0.25) is 11.9 Å². The van der Waals surface area contributed by atoms with Gasteiger partial charge >= 0.3 is 0 Å². The number of allylic oxidation sites excluding steroid dienone is 1. The molecule has 2 aromatic carbocycles. The Labute approximate surface area is 168 Å². The number of fused-ring (bicyclic) bond motifs is 1. The second-order valence-electron chi connectivity index (χ2n) is 6.65. The van der Waals surface area contributed by atoms with Gasteiger partial charge < -0.3 is 20.5 Å². The van der Waals surface area contributed by atoms with E-state index in [0.29, 0.717) is 34.5 Å². The zero-order chi connectivity index (χ0) is 20.5. The summed E-state index contributed by atoms with van der Waals surface area (Å²) in [6.45, 7) is 1.81. The molecule has 1 atom stereocenters. The van der Waals surface area contributed by atoms with Crippen LogP contribution in [0, 0.1) is 0 Å². The number of primary amides is 1. The quantitative estimate of drug-likeness (QED) is 0.693. The minimum absolute atomic E-state index is 0.448. The van der Waals surface area contributed by atoms with E-state index in [4.69, 9.17) is 15.2 Å². The predicted molar refractivity (Wildman–Crippen MR) is 109 cm³/mol. The topological polar surface area (TPSA) is 104 Å². The van der Waals surface area contributed by atoms with Crippen molar-refractivity contribution in [2.75, 3.05) is 19.5 Å². The molecule has 1 aliphatic rings. The van der Waals surface area contributed by atoms with Crippen LogP contribution in [-0.4, -0.2) is 34.9 Å². The fourth-order valence-corrected chi connectivity index (χ4v) is 3.47. The molecule has 3 N–H and O–H groups in total. The molecule has 0 spiro atoms. The Morgan fingerprint density at radius 3 is 2.34 bits per heavy atom. The maximum atomic E-state index is 12.2. The number of carbonyl (C=O) groups is 1. The van der Waals surface area contributed by atoms with Crippen LogP contribution in [0.5, 0.6) is 11.5 Å². The van der Waals surface area contributed by atoms with Crippen LogP contribution in [0.25, 0.3) is 11.4 Å². The first kappa shape index (κ1) is 18.5. The molecule has 0 aliphatic carbocycles. The van der Waals surface area contributed by atoms with Gasteiger partial charge in [0.1, 0.15) is 17.5 Å². The lowest BCUT2D eigenvalue weighted by atomic mass is 9.95. The number of methoxy groups -OCH3 is 2. The highest BCUT2D eigenvalue weighted by atomic mass is 16.5. The second-order valence-corrected chi connectivity index (χ2v) is 6.65. The van der Waals surface area contributed by atoms with Gasteiger partial charge in [0, 0.05) is 17.3 Å². The molecule has 0 saturated heterocycles. The van der Waals surface area contributed by atoms with E-state index in [0.717, 1.165) is 11.1 Å². The maximum absolute atomic E-state index is 12.2. The van der Waals surface area contributed by atoms with Crippen molar-refractivity contribution in [3.8, 4) is 22.9 Å². The van der Waals surface area contributed by atoms with Crippen LogP contribution in [0.2, 0.25) is 0 Å². The summed E-state index contributed by atoms with van der Waals surface area (Å²) in [4.78, 5) is 16.9. The predicted octanol–water partition coefficient (Wildman–Crippen LogP) is 2.74. The molecule has 8 nitrogen and oxygen atoms in total. The van der Waals surface area contributed by atoms with Gasteiger partial charge in [-0.05, 0) is 24.6 Å². The monoisotopic (exact) mass is 391 g/mol. The molecular formula is C21H21N5O3. The molecule has 4 rings (SSSR count). The van der Waals surface area contributed by atoms with E-state index in [9.17, 15) is 4.79 Å². The first-order valence-corrected chi connectivity index (χ1v) is 9.04. The molecule has 1 unspecified atom stereocenters. The van der Waals surface area contributed by atoms with Crippen LogP contribution in [0.3, 0.4) is 0 Å². The van der Waals surface area contributed by atoms with Crippen LogP contribution in [0.1, 0.15) is 18.5 Å². The summed E-state index contributed by atoms with van der Waals surface area (Å²) >= 11 is 0. The highest BCUT2D eigenvalue weighted by Gasteiger charge is 2.33. The number of benzene rings is 2. The lowest BCUT2D eigenvalue weighted by Gasteiger charge is -2.27. The number of rotatable bonds is 5. The van der Waals surface area contributed by atoms with Crippen molar-refractivity contribution in [3.63, 3.8) is 0 Å². The van der Waals surface area contributed by atoms with Gasteiger partial charge in [0.25, 0.3) is 0 Å². The van der Waals surface area contributed by atoms with Crippen LogP contribution >= 0.6 is 0 Å². The number of aromatic nitrogens is 3. The van der Waals surface area contributed by atoms with Crippen molar-refractivity contribution in [1.29, 1.82) is 0 Å². The summed E-state index contributed by atoms with van der Waals surface area (Å²) in [5, 5.41) is 7.83. The number of carbonyl (C=O) groups excluding carboxylic acids is 1. The Morgan fingerprint density at radius 1 is 1.10 bits per heavy atom. The van der Waals surface area contributed by atoms with Gasteiger partial charge in [0.05, 0.1) is 19.8 Å². The van der Waals surface area contributed by atoms with Gasteiger partial charge in [-0.3, -0.25) is 4.79 Å². The van der Waals surface area contributed by atoms with Crippen LogP contribution in [0.4, 0.5) is 5.95 Å². The van der Waals surface area contributed by atoms with Gasteiger partial charge in [-0.2, -0.15) is 4.98 Å². The van der Waals surface area contributed by atoms with Crippen molar-refractivity contribution < 1.29 is 14.3 Å². The molecule has 29 heavy (non-hydrogen) atoms. The third kappa shape index (κ3) is 3.29. The molecule has 1 amide bonds. The third-order valence-electron chi connectivity index (χ3n) is 4.84. The summed E-state index contributed by atoms with van der Waals surface area (Å²) in [6, 6.07) is 14.6. The number of ether oxygens (including phenoxy) is 2. The summed E-state index contributed by atoms with van der Waals surface area (Å²) < 4.78 is 12.4. The third-order valence-corrected chi connectivity index (χ3v) is 4.84. The molecule has 3 aromatic rings. The van der Waals surface area contributed by atoms with Crippen molar-refractivity contribution in [2.45, 2.75) is 13.0 Å². The lowest BCUT2D eigenvalue weighted by molar-refractivity contribution is -0.115. The van der Waals surface area contributed by atoms with Gasteiger partial charge in [-0.1, -0.05) is 30.3 Å². The first-order valence-electron chi connectivity index (χ1n) is 9.04. The average molecular weight is 391 g/mol. The van der Waals surface area contributed by atoms with E-state index in [1.54, 1.807) is 25.0 Å². The SMILES string of the molecule is COc1cc(OC)cc(-c2nc3n(n2)C(c2ccccc2)C(C(N)=O)=C(C)N3)c1. The second kappa shape index (κ2) is 7.31. The Morgan fingerprint density at radius 2 is 1.76 bits per heavy atom. The van der Waals surface area contributed by atoms with Crippen LogP contribution in [0.15, 0.2) is 59.8 Å². The maximum Gasteiger partial charge on any atom is 0.248 e. The Bertz CT molecular complexity index is 1080. The Balaban J connectivity index is 1.87. The normalized spacial score (nSPS) is 15.5. The smallest absolute Gasteiger partial charge is 0.248 e. The van der Waals surface area contributed by atoms with Crippen LogP contribution in [-0.2, 0) is 4.79 Å². The zero-order valence-corrected chi connectivity index (χ0v) is 16.3. The van der Waals surface area contributed by atoms with E-state index >= 15 is 0 Å². The molecule has 2 heterocycles. The number of nitrogens with two attached hydrogens (primary N) is 1. The van der Waals surface area contributed by atoms with Crippen molar-refractivity contribution in [2.24, 2.45) is 5.73 Å². The minimum Gasteiger partial charge on any atom is -0.497 e. The van der Waals surface area contributed by atoms with E-state index in [-0.39, 0.29) is 0 Å². The van der Waals surface area contributed by atoms with Crippen LogP contribution < -0.4 is 20.5 Å². The van der Waals surface area contributed by atoms with Gasteiger partial charge in [-0.25, -0.2) is 4.68 Å². The number of anilines is 1.